The summed E-state index contributed by atoms with van der Waals surface area (Å²) in [7, 11) is 1.31. The van der Waals surface area contributed by atoms with Crippen molar-refractivity contribution in [1.29, 1.82) is 0 Å². The number of carbonyl (C=O) groups is 2. The van der Waals surface area contributed by atoms with Gasteiger partial charge in [-0.1, -0.05) is 6.07 Å². The van der Waals surface area contributed by atoms with Crippen LogP contribution in [0.2, 0.25) is 0 Å². The van der Waals surface area contributed by atoms with Crippen LogP contribution >= 0.6 is 0 Å². The fourth-order valence-corrected chi connectivity index (χ4v) is 1.76. The van der Waals surface area contributed by atoms with E-state index in [1.807, 2.05) is 13.0 Å². The maximum atomic E-state index is 11.8. The Morgan fingerprint density at radius 2 is 2.05 bits per heavy atom. The first-order valence-corrected chi connectivity index (χ1v) is 6.37. The molecule has 0 aliphatic carbocycles. The van der Waals surface area contributed by atoms with Gasteiger partial charge in [0, 0.05) is 5.69 Å². The van der Waals surface area contributed by atoms with Crippen molar-refractivity contribution in [2.24, 2.45) is 0 Å². The van der Waals surface area contributed by atoms with Gasteiger partial charge in [-0.2, -0.15) is 0 Å². The molecule has 6 nitrogen and oxygen atoms in total. The van der Waals surface area contributed by atoms with Crippen molar-refractivity contribution in [3.63, 3.8) is 0 Å². The van der Waals surface area contributed by atoms with Crippen molar-refractivity contribution in [2.45, 2.75) is 13.5 Å². The molecular formula is C15H16N2O4. The summed E-state index contributed by atoms with van der Waals surface area (Å²) in [5, 5.41) is 5.30. The summed E-state index contributed by atoms with van der Waals surface area (Å²) < 4.78 is 9.97. The lowest BCUT2D eigenvalue weighted by molar-refractivity contribution is 0.0600. The molecule has 0 aliphatic heterocycles. The lowest BCUT2D eigenvalue weighted by Crippen LogP contribution is -2.28. The van der Waals surface area contributed by atoms with Gasteiger partial charge >= 0.3 is 12.0 Å². The standard InChI is InChI=1S/C15H16N2O4/c1-10-6-7-13(21-10)9-16-15(19)17-12-5-3-4-11(8-12)14(18)20-2/h3-8H,9H2,1-2H3,(H2,16,17,19). The SMILES string of the molecule is COC(=O)c1cccc(NC(=O)NCc2ccc(C)o2)c1. The van der Waals surface area contributed by atoms with E-state index in [4.69, 9.17) is 4.42 Å². The quantitative estimate of drug-likeness (QED) is 0.848. The third-order valence-electron chi connectivity index (χ3n) is 2.76. The number of urea groups is 1. The van der Waals surface area contributed by atoms with E-state index in [1.165, 1.54) is 7.11 Å². The van der Waals surface area contributed by atoms with E-state index >= 15 is 0 Å². The van der Waals surface area contributed by atoms with E-state index < -0.39 is 5.97 Å². The minimum Gasteiger partial charge on any atom is -0.465 e. The van der Waals surface area contributed by atoms with Crippen LogP contribution in [-0.4, -0.2) is 19.1 Å². The molecular weight excluding hydrogens is 272 g/mol. The molecule has 0 radical (unpaired) electrons. The van der Waals surface area contributed by atoms with Crippen LogP contribution in [0, 0.1) is 6.92 Å². The second kappa shape index (κ2) is 6.60. The first kappa shape index (κ1) is 14.6. The van der Waals surface area contributed by atoms with E-state index in [0.29, 0.717) is 17.0 Å². The van der Waals surface area contributed by atoms with Crippen LogP contribution in [-0.2, 0) is 11.3 Å². The molecule has 0 saturated heterocycles. The number of hydrogen-bond donors (Lipinski definition) is 2. The summed E-state index contributed by atoms with van der Waals surface area (Å²) in [6, 6.07) is 9.75. The van der Waals surface area contributed by atoms with Crippen molar-refractivity contribution >= 4 is 17.7 Å². The highest BCUT2D eigenvalue weighted by molar-refractivity contribution is 5.93. The number of ether oxygens (including phenoxy) is 1. The zero-order valence-electron chi connectivity index (χ0n) is 11.8. The number of aryl methyl sites for hydroxylation is 1. The molecule has 0 atom stereocenters. The monoisotopic (exact) mass is 288 g/mol. The van der Waals surface area contributed by atoms with Gasteiger partial charge < -0.3 is 19.8 Å². The first-order chi connectivity index (χ1) is 10.1. The van der Waals surface area contributed by atoms with Crippen molar-refractivity contribution < 1.29 is 18.7 Å². The van der Waals surface area contributed by atoms with Gasteiger partial charge in [0.2, 0.25) is 0 Å². The number of furan rings is 1. The van der Waals surface area contributed by atoms with Gasteiger partial charge in [-0.15, -0.1) is 0 Å². The molecule has 2 N–H and O–H groups in total. The largest absolute Gasteiger partial charge is 0.465 e. The van der Waals surface area contributed by atoms with Gasteiger partial charge in [-0.3, -0.25) is 0 Å². The highest BCUT2D eigenvalue weighted by Gasteiger charge is 2.08. The average Bonchev–Trinajstić information content (AvgIpc) is 2.90. The van der Waals surface area contributed by atoms with Gasteiger partial charge in [0.15, 0.2) is 0 Å². The molecule has 2 amide bonds. The van der Waals surface area contributed by atoms with Crippen LogP contribution in [0.1, 0.15) is 21.9 Å². The summed E-state index contributed by atoms with van der Waals surface area (Å²) in [6.07, 6.45) is 0. The van der Waals surface area contributed by atoms with E-state index in [-0.39, 0.29) is 12.6 Å². The number of methoxy groups -OCH3 is 1. The molecule has 2 rings (SSSR count). The van der Waals surface area contributed by atoms with Crippen LogP contribution in [0.3, 0.4) is 0 Å². The number of esters is 1. The van der Waals surface area contributed by atoms with Gasteiger partial charge in [0.1, 0.15) is 11.5 Å². The highest BCUT2D eigenvalue weighted by atomic mass is 16.5. The molecule has 1 aromatic heterocycles. The molecule has 2 aromatic rings. The van der Waals surface area contributed by atoms with Crippen LogP contribution in [0.4, 0.5) is 10.5 Å². The van der Waals surface area contributed by atoms with Crippen LogP contribution in [0.25, 0.3) is 0 Å². The Hall–Kier alpha value is -2.76. The fraction of sp³-hybridized carbons (Fsp3) is 0.200. The molecule has 1 heterocycles. The van der Waals surface area contributed by atoms with Gasteiger partial charge in [-0.25, -0.2) is 9.59 Å². The Bertz CT molecular complexity index is 649. The number of nitrogens with one attached hydrogen (secondary N) is 2. The van der Waals surface area contributed by atoms with Crippen LogP contribution in [0.15, 0.2) is 40.8 Å². The summed E-state index contributed by atoms with van der Waals surface area (Å²) in [6.45, 7) is 2.12. The fourth-order valence-electron chi connectivity index (χ4n) is 1.76. The lowest BCUT2D eigenvalue weighted by atomic mass is 10.2. The second-order valence-corrected chi connectivity index (χ2v) is 4.39. The molecule has 0 fully saturated rings. The topological polar surface area (TPSA) is 80.6 Å². The van der Waals surface area contributed by atoms with E-state index in [2.05, 4.69) is 15.4 Å². The Morgan fingerprint density at radius 1 is 1.24 bits per heavy atom. The summed E-state index contributed by atoms with van der Waals surface area (Å²) >= 11 is 0. The number of amides is 2. The third-order valence-corrected chi connectivity index (χ3v) is 2.76. The zero-order valence-corrected chi connectivity index (χ0v) is 11.8. The van der Waals surface area contributed by atoms with Gasteiger partial charge in [0.05, 0.1) is 19.2 Å². The predicted molar refractivity (Wildman–Crippen MR) is 77.1 cm³/mol. The molecule has 110 valence electrons. The summed E-state index contributed by atoms with van der Waals surface area (Å²) in [5.41, 5.74) is 0.878. The summed E-state index contributed by atoms with van der Waals surface area (Å²) in [5.74, 6) is 1.01. The highest BCUT2D eigenvalue weighted by Crippen LogP contribution is 2.11. The second-order valence-electron chi connectivity index (χ2n) is 4.39. The smallest absolute Gasteiger partial charge is 0.337 e. The molecule has 21 heavy (non-hydrogen) atoms. The first-order valence-electron chi connectivity index (χ1n) is 6.37. The molecule has 1 aromatic carbocycles. The van der Waals surface area contributed by atoms with Crippen LogP contribution < -0.4 is 10.6 Å². The van der Waals surface area contributed by atoms with Crippen LogP contribution in [0.5, 0.6) is 0 Å². The maximum Gasteiger partial charge on any atom is 0.337 e. The molecule has 0 saturated carbocycles. The molecule has 0 unspecified atom stereocenters. The van der Waals surface area contributed by atoms with Gasteiger partial charge in [0.25, 0.3) is 0 Å². The van der Waals surface area contributed by atoms with E-state index in [1.54, 1.807) is 30.3 Å². The van der Waals surface area contributed by atoms with E-state index in [9.17, 15) is 9.59 Å². The average molecular weight is 288 g/mol. The van der Waals surface area contributed by atoms with Crippen molar-refractivity contribution in [3.8, 4) is 0 Å². The normalized spacial score (nSPS) is 10.0. The Morgan fingerprint density at radius 3 is 2.71 bits per heavy atom. The molecule has 0 aliphatic rings. The number of rotatable bonds is 4. The Labute approximate surface area is 122 Å². The number of benzene rings is 1. The lowest BCUT2D eigenvalue weighted by Gasteiger charge is -2.07. The minimum atomic E-state index is -0.454. The van der Waals surface area contributed by atoms with Crippen molar-refractivity contribution in [2.75, 3.05) is 12.4 Å². The van der Waals surface area contributed by atoms with Crippen molar-refractivity contribution in [3.05, 3.63) is 53.5 Å². The van der Waals surface area contributed by atoms with E-state index in [0.717, 1.165) is 5.76 Å². The Kier molecular flexibility index (Phi) is 4.61. The number of carbonyl (C=O) groups excluding carboxylic acids is 2. The van der Waals surface area contributed by atoms with Gasteiger partial charge in [-0.05, 0) is 37.3 Å². The molecule has 6 heteroatoms. The molecule has 0 spiro atoms. The summed E-state index contributed by atoms with van der Waals surface area (Å²) in [4.78, 5) is 23.2. The van der Waals surface area contributed by atoms with Crippen molar-refractivity contribution in [1.82, 2.24) is 5.32 Å². The third kappa shape index (κ3) is 4.10. The molecule has 0 bridgehead atoms. The Balaban J connectivity index is 1.91. The maximum absolute atomic E-state index is 11.8. The minimum absolute atomic E-state index is 0.288. The zero-order chi connectivity index (χ0) is 15.2. The predicted octanol–water partition coefficient (Wildman–Crippen LogP) is 2.70. The number of anilines is 1. The number of hydrogen-bond acceptors (Lipinski definition) is 4.